The second-order valence-electron chi connectivity index (χ2n) is 4.70. The summed E-state index contributed by atoms with van der Waals surface area (Å²) in [6.07, 6.45) is 0.251. The third-order valence-electron chi connectivity index (χ3n) is 3.34. The minimum absolute atomic E-state index is 0.0161. The van der Waals surface area contributed by atoms with Crippen LogP contribution >= 0.6 is 23.2 Å². The van der Waals surface area contributed by atoms with Gasteiger partial charge in [-0.1, -0.05) is 29.3 Å². The Morgan fingerprint density at radius 3 is 2.40 bits per heavy atom. The number of carbonyl (C=O) groups excluding carboxylic acids is 1. The third-order valence-corrected chi connectivity index (χ3v) is 5.76. The van der Waals surface area contributed by atoms with Crippen molar-refractivity contribution in [2.45, 2.75) is 12.3 Å². The van der Waals surface area contributed by atoms with Crippen LogP contribution in [0.15, 0.2) is 18.2 Å². The monoisotopic (exact) mass is 331 g/mol. The Kier molecular flexibility index (Phi) is 4.38. The molecular formula is C13H11Cl2NO3S. The zero-order valence-corrected chi connectivity index (χ0v) is 12.7. The molecule has 1 fully saturated rings. The lowest BCUT2D eigenvalue weighted by molar-refractivity contribution is -0.122. The predicted octanol–water partition coefficient (Wildman–Crippen LogP) is 2.60. The average molecular weight is 332 g/mol. The number of sulfone groups is 1. The van der Waals surface area contributed by atoms with E-state index in [0.29, 0.717) is 0 Å². The first kappa shape index (κ1) is 15.3. The molecule has 0 aliphatic carbocycles. The van der Waals surface area contributed by atoms with Gasteiger partial charge in [-0.15, -0.1) is 0 Å². The third kappa shape index (κ3) is 2.98. The van der Waals surface area contributed by atoms with Crippen molar-refractivity contribution in [3.05, 3.63) is 33.8 Å². The van der Waals surface area contributed by atoms with Gasteiger partial charge in [0, 0.05) is 21.5 Å². The Morgan fingerprint density at radius 2 is 1.95 bits per heavy atom. The van der Waals surface area contributed by atoms with Crippen molar-refractivity contribution in [1.29, 1.82) is 5.26 Å². The Morgan fingerprint density at radius 1 is 1.35 bits per heavy atom. The lowest BCUT2D eigenvalue weighted by Crippen LogP contribution is -2.23. The van der Waals surface area contributed by atoms with Crippen molar-refractivity contribution in [2.24, 2.45) is 5.92 Å². The van der Waals surface area contributed by atoms with E-state index in [1.165, 1.54) is 0 Å². The average Bonchev–Trinajstić information content (AvgIpc) is 2.74. The summed E-state index contributed by atoms with van der Waals surface area (Å²) in [4.78, 5) is 12.4. The van der Waals surface area contributed by atoms with Crippen LogP contribution in [0.5, 0.6) is 0 Å². The lowest BCUT2D eigenvalue weighted by atomic mass is 9.88. The normalized spacial score (nSPS) is 22.1. The zero-order valence-electron chi connectivity index (χ0n) is 10.3. The minimum atomic E-state index is -3.18. The first-order valence-corrected chi connectivity index (χ1v) is 8.51. The van der Waals surface area contributed by atoms with Crippen molar-refractivity contribution in [3.63, 3.8) is 0 Å². The van der Waals surface area contributed by atoms with Crippen LogP contribution in [0.2, 0.25) is 10.0 Å². The first-order chi connectivity index (χ1) is 9.35. The minimum Gasteiger partial charge on any atom is -0.297 e. The molecule has 1 aliphatic heterocycles. The molecule has 0 bridgehead atoms. The quantitative estimate of drug-likeness (QED) is 0.853. The second kappa shape index (κ2) is 5.72. The van der Waals surface area contributed by atoms with Crippen molar-refractivity contribution in [3.8, 4) is 6.07 Å². The van der Waals surface area contributed by atoms with E-state index in [-0.39, 0.29) is 33.5 Å². The van der Waals surface area contributed by atoms with Gasteiger partial charge in [0.1, 0.15) is 5.92 Å². The fraction of sp³-hybridized carbons (Fsp3) is 0.385. The van der Waals surface area contributed by atoms with Crippen LogP contribution < -0.4 is 0 Å². The Hall–Kier alpha value is -1.09. The SMILES string of the molecule is N#CC(C(=O)C1CCS(=O)(=O)C1)c1c(Cl)cccc1Cl. The number of ketones is 1. The highest BCUT2D eigenvalue weighted by atomic mass is 35.5. The number of carbonyl (C=O) groups is 1. The van der Waals surface area contributed by atoms with E-state index >= 15 is 0 Å². The van der Waals surface area contributed by atoms with E-state index in [2.05, 4.69) is 0 Å². The molecule has 0 saturated carbocycles. The summed E-state index contributed by atoms with van der Waals surface area (Å²) >= 11 is 12.0. The maximum atomic E-state index is 12.4. The largest absolute Gasteiger partial charge is 0.297 e. The number of nitrogens with zero attached hydrogens (tertiary/aromatic N) is 1. The van der Waals surface area contributed by atoms with Crippen LogP contribution in [-0.2, 0) is 14.6 Å². The van der Waals surface area contributed by atoms with Gasteiger partial charge in [0.15, 0.2) is 15.6 Å². The van der Waals surface area contributed by atoms with Gasteiger partial charge >= 0.3 is 0 Å². The van der Waals surface area contributed by atoms with Crippen molar-refractivity contribution in [2.75, 3.05) is 11.5 Å². The van der Waals surface area contributed by atoms with Crippen LogP contribution in [0.1, 0.15) is 17.9 Å². The highest BCUT2D eigenvalue weighted by molar-refractivity contribution is 7.91. The van der Waals surface area contributed by atoms with Gasteiger partial charge in [0.05, 0.1) is 17.6 Å². The molecule has 0 aromatic heterocycles. The lowest BCUT2D eigenvalue weighted by Gasteiger charge is -2.15. The molecule has 20 heavy (non-hydrogen) atoms. The van der Waals surface area contributed by atoms with Crippen molar-refractivity contribution in [1.82, 2.24) is 0 Å². The van der Waals surface area contributed by atoms with Gasteiger partial charge in [0.25, 0.3) is 0 Å². The number of Topliss-reactive ketones (excluding diaryl/α,β-unsaturated/α-hetero) is 1. The summed E-state index contributed by atoms with van der Waals surface area (Å²) in [6.45, 7) is 0. The molecule has 0 amide bonds. The summed E-state index contributed by atoms with van der Waals surface area (Å²) in [5.41, 5.74) is 0.257. The predicted molar refractivity (Wildman–Crippen MR) is 76.6 cm³/mol. The molecule has 106 valence electrons. The molecule has 1 aliphatic rings. The summed E-state index contributed by atoms with van der Waals surface area (Å²) < 4.78 is 22.9. The maximum Gasteiger partial charge on any atom is 0.158 e. The number of hydrogen-bond acceptors (Lipinski definition) is 4. The number of hydrogen-bond donors (Lipinski definition) is 0. The van der Waals surface area contributed by atoms with Crippen LogP contribution in [0.4, 0.5) is 0 Å². The molecule has 2 rings (SSSR count). The van der Waals surface area contributed by atoms with Crippen LogP contribution in [0.25, 0.3) is 0 Å². The van der Waals surface area contributed by atoms with Crippen molar-refractivity contribution < 1.29 is 13.2 Å². The maximum absolute atomic E-state index is 12.4. The smallest absolute Gasteiger partial charge is 0.158 e. The fourth-order valence-corrected chi connectivity index (χ4v) is 4.68. The van der Waals surface area contributed by atoms with E-state index in [0.717, 1.165) is 0 Å². The molecule has 1 aromatic carbocycles. The first-order valence-electron chi connectivity index (χ1n) is 5.93. The van der Waals surface area contributed by atoms with E-state index in [1.807, 2.05) is 6.07 Å². The highest BCUT2D eigenvalue weighted by Crippen LogP contribution is 2.35. The summed E-state index contributed by atoms with van der Waals surface area (Å²) in [7, 11) is -3.18. The second-order valence-corrected chi connectivity index (χ2v) is 7.74. The number of halogens is 2. The topological polar surface area (TPSA) is 75.0 Å². The molecule has 1 heterocycles. The van der Waals surface area contributed by atoms with Crippen LogP contribution in [-0.4, -0.2) is 25.7 Å². The molecule has 4 nitrogen and oxygen atoms in total. The molecule has 0 N–H and O–H groups in total. The van der Waals surface area contributed by atoms with Gasteiger partial charge in [0.2, 0.25) is 0 Å². The molecule has 1 saturated heterocycles. The summed E-state index contributed by atoms with van der Waals surface area (Å²) in [5, 5.41) is 9.72. The highest BCUT2D eigenvalue weighted by Gasteiger charge is 2.38. The molecule has 0 radical (unpaired) electrons. The number of rotatable bonds is 3. The summed E-state index contributed by atoms with van der Waals surface area (Å²) in [5.74, 6) is -2.43. The van der Waals surface area contributed by atoms with Gasteiger partial charge in [-0.3, -0.25) is 4.79 Å². The Labute approximate surface area is 127 Å². The van der Waals surface area contributed by atoms with Gasteiger partial charge < -0.3 is 0 Å². The van der Waals surface area contributed by atoms with Crippen LogP contribution in [0.3, 0.4) is 0 Å². The molecule has 2 atom stereocenters. The van der Waals surface area contributed by atoms with Gasteiger partial charge in [-0.05, 0) is 18.6 Å². The molecule has 7 heteroatoms. The van der Waals surface area contributed by atoms with Crippen LogP contribution in [0, 0.1) is 17.2 Å². The van der Waals surface area contributed by atoms with E-state index in [9.17, 15) is 18.5 Å². The van der Waals surface area contributed by atoms with Gasteiger partial charge in [-0.2, -0.15) is 5.26 Å². The standard InChI is InChI=1S/C13H11Cl2NO3S/c14-10-2-1-3-11(15)12(10)9(6-16)13(17)8-4-5-20(18,19)7-8/h1-3,8-9H,4-5,7H2. The number of nitriles is 1. The van der Waals surface area contributed by atoms with Crippen molar-refractivity contribution >= 4 is 38.8 Å². The zero-order chi connectivity index (χ0) is 14.9. The molecular weight excluding hydrogens is 321 g/mol. The summed E-state index contributed by atoms with van der Waals surface area (Å²) in [6, 6.07) is 6.60. The van der Waals surface area contributed by atoms with E-state index < -0.39 is 27.5 Å². The van der Waals surface area contributed by atoms with E-state index in [4.69, 9.17) is 23.2 Å². The fourth-order valence-electron chi connectivity index (χ4n) is 2.31. The Balaban J connectivity index is 2.35. The Bertz CT molecular complexity index is 674. The molecule has 0 spiro atoms. The van der Waals surface area contributed by atoms with E-state index in [1.54, 1.807) is 18.2 Å². The number of benzene rings is 1. The molecule has 1 aromatic rings. The molecule has 2 unspecified atom stereocenters. The van der Waals surface area contributed by atoms with Gasteiger partial charge in [-0.25, -0.2) is 8.42 Å².